The summed E-state index contributed by atoms with van der Waals surface area (Å²) in [6, 6.07) is 12.1. The molecule has 0 saturated carbocycles. The van der Waals surface area contributed by atoms with Crippen molar-refractivity contribution in [3.63, 3.8) is 0 Å². The number of rotatable bonds is 5. The fourth-order valence-electron chi connectivity index (χ4n) is 3.31. The second-order valence-electron chi connectivity index (χ2n) is 6.96. The lowest BCUT2D eigenvalue weighted by Gasteiger charge is -2.36. The highest BCUT2D eigenvalue weighted by Gasteiger charge is 2.26. The van der Waals surface area contributed by atoms with Gasteiger partial charge in [0.1, 0.15) is 6.04 Å². The van der Waals surface area contributed by atoms with Gasteiger partial charge in [0.05, 0.1) is 7.11 Å². The molecule has 0 spiro atoms. The first-order chi connectivity index (χ1) is 13.0. The van der Waals surface area contributed by atoms with Gasteiger partial charge in [0.2, 0.25) is 5.91 Å². The smallest absolute Gasteiger partial charge is 0.244 e. The number of carbonyl (C=O) groups excluding carboxylic acids is 1. The lowest BCUT2D eigenvalue weighted by atomic mass is 10.0. The molecule has 2 N–H and O–H groups in total. The maximum atomic E-state index is 13.8. The van der Waals surface area contributed by atoms with Crippen LogP contribution in [-0.2, 0) is 11.3 Å². The molecule has 2 aromatic carbocycles. The first-order valence-electron chi connectivity index (χ1n) is 9.13. The lowest BCUT2D eigenvalue weighted by Crippen LogP contribution is -2.50. The molecule has 0 radical (unpaired) electrons. The van der Waals surface area contributed by atoms with Gasteiger partial charge in [0.15, 0.2) is 11.6 Å². The fraction of sp³-hybridized carbons (Fsp3) is 0.381. The van der Waals surface area contributed by atoms with Gasteiger partial charge in [-0.15, -0.1) is 0 Å². The summed E-state index contributed by atoms with van der Waals surface area (Å²) in [6.45, 7) is 5.37. The highest BCUT2D eigenvalue weighted by Crippen LogP contribution is 2.20. The number of methoxy groups -OCH3 is 1. The first kappa shape index (κ1) is 19.3. The van der Waals surface area contributed by atoms with E-state index in [2.05, 4.69) is 4.90 Å². The van der Waals surface area contributed by atoms with E-state index in [1.54, 1.807) is 6.07 Å². The van der Waals surface area contributed by atoms with Crippen LogP contribution in [0.25, 0.3) is 0 Å². The van der Waals surface area contributed by atoms with Gasteiger partial charge in [-0.1, -0.05) is 35.9 Å². The Morgan fingerprint density at radius 2 is 1.81 bits per heavy atom. The summed E-state index contributed by atoms with van der Waals surface area (Å²) in [7, 11) is 1.45. The van der Waals surface area contributed by atoms with Crippen molar-refractivity contribution in [1.82, 2.24) is 9.80 Å². The highest BCUT2D eigenvalue weighted by molar-refractivity contribution is 5.83. The fourth-order valence-corrected chi connectivity index (χ4v) is 3.31. The van der Waals surface area contributed by atoms with Gasteiger partial charge in [0, 0.05) is 32.7 Å². The van der Waals surface area contributed by atoms with E-state index in [1.807, 2.05) is 42.2 Å². The van der Waals surface area contributed by atoms with Crippen LogP contribution in [0, 0.1) is 12.7 Å². The summed E-state index contributed by atoms with van der Waals surface area (Å²) in [4.78, 5) is 16.7. The van der Waals surface area contributed by atoms with Gasteiger partial charge in [-0.25, -0.2) is 4.39 Å². The Morgan fingerprint density at radius 1 is 1.15 bits per heavy atom. The predicted molar refractivity (Wildman–Crippen MR) is 103 cm³/mol. The molecule has 27 heavy (non-hydrogen) atoms. The van der Waals surface area contributed by atoms with Crippen LogP contribution in [0.1, 0.15) is 22.7 Å². The second kappa shape index (κ2) is 8.50. The minimum Gasteiger partial charge on any atom is -0.494 e. The normalized spacial score (nSPS) is 16.2. The predicted octanol–water partition coefficient (Wildman–Crippen LogP) is 2.49. The summed E-state index contributed by atoms with van der Waals surface area (Å²) in [6.07, 6.45) is 0. The van der Waals surface area contributed by atoms with Gasteiger partial charge in [-0.2, -0.15) is 0 Å². The maximum Gasteiger partial charge on any atom is 0.244 e. The monoisotopic (exact) mass is 371 g/mol. The molecule has 0 bridgehead atoms. The molecule has 1 fully saturated rings. The molecule has 1 aliphatic rings. The van der Waals surface area contributed by atoms with Crippen molar-refractivity contribution in [3.05, 3.63) is 65.0 Å². The molecule has 1 unspecified atom stereocenters. The van der Waals surface area contributed by atoms with Crippen LogP contribution in [0.2, 0.25) is 0 Å². The van der Waals surface area contributed by atoms with Crippen molar-refractivity contribution in [2.24, 2.45) is 5.73 Å². The van der Waals surface area contributed by atoms with Crippen LogP contribution in [0.3, 0.4) is 0 Å². The molecule has 1 amide bonds. The largest absolute Gasteiger partial charge is 0.494 e. The Morgan fingerprint density at radius 3 is 2.41 bits per heavy atom. The number of halogens is 1. The van der Waals surface area contributed by atoms with E-state index in [-0.39, 0.29) is 17.5 Å². The topological polar surface area (TPSA) is 58.8 Å². The van der Waals surface area contributed by atoms with Gasteiger partial charge in [-0.05, 0) is 30.2 Å². The number of benzene rings is 2. The number of hydrogen-bond acceptors (Lipinski definition) is 4. The molecule has 144 valence electrons. The van der Waals surface area contributed by atoms with Crippen LogP contribution in [0.15, 0.2) is 42.5 Å². The Labute approximate surface area is 159 Å². The van der Waals surface area contributed by atoms with E-state index in [4.69, 9.17) is 10.5 Å². The third-order valence-electron chi connectivity index (χ3n) is 5.01. The van der Waals surface area contributed by atoms with E-state index in [9.17, 15) is 9.18 Å². The number of hydrogen-bond donors (Lipinski definition) is 1. The number of amides is 1. The Hall–Kier alpha value is -2.44. The first-order valence-corrected chi connectivity index (χ1v) is 9.13. The summed E-state index contributed by atoms with van der Waals surface area (Å²) in [5.74, 6) is -0.152. The minimum atomic E-state index is -0.632. The SMILES string of the molecule is COc1ccc(CN2CCN(C(=O)C(N)c3ccc(C)cc3)CC2)cc1F. The number of aryl methyl sites for hydroxylation is 1. The zero-order valence-electron chi connectivity index (χ0n) is 15.8. The molecule has 2 aromatic rings. The molecule has 1 saturated heterocycles. The van der Waals surface area contributed by atoms with E-state index in [1.165, 1.54) is 13.2 Å². The van der Waals surface area contributed by atoms with Crippen LogP contribution in [0.5, 0.6) is 5.75 Å². The van der Waals surface area contributed by atoms with E-state index < -0.39 is 6.04 Å². The van der Waals surface area contributed by atoms with Crippen molar-refractivity contribution in [2.75, 3.05) is 33.3 Å². The molecule has 1 aliphatic heterocycles. The Bertz CT molecular complexity index is 787. The van der Waals surface area contributed by atoms with Gasteiger partial charge in [0.25, 0.3) is 0 Å². The third-order valence-corrected chi connectivity index (χ3v) is 5.01. The maximum absolute atomic E-state index is 13.8. The lowest BCUT2D eigenvalue weighted by molar-refractivity contribution is -0.134. The van der Waals surface area contributed by atoms with Crippen molar-refractivity contribution < 1.29 is 13.9 Å². The van der Waals surface area contributed by atoms with Crippen LogP contribution < -0.4 is 10.5 Å². The second-order valence-corrected chi connectivity index (χ2v) is 6.96. The summed E-state index contributed by atoms with van der Waals surface area (Å²) < 4.78 is 18.8. The molecular formula is C21H26FN3O2. The number of piperazine rings is 1. The molecule has 1 atom stereocenters. The average molecular weight is 371 g/mol. The molecule has 3 rings (SSSR count). The zero-order chi connectivity index (χ0) is 19.4. The summed E-state index contributed by atoms with van der Waals surface area (Å²) in [5, 5.41) is 0. The van der Waals surface area contributed by atoms with Crippen LogP contribution in [0.4, 0.5) is 4.39 Å². The van der Waals surface area contributed by atoms with Crippen molar-refractivity contribution in [1.29, 1.82) is 0 Å². The quantitative estimate of drug-likeness (QED) is 0.877. The molecule has 5 nitrogen and oxygen atoms in total. The molecule has 0 aliphatic carbocycles. The van der Waals surface area contributed by atoms with Gasteiger partial charge >= 0.3 is 0 Å². The standard InChI is InChI=1S/C21H26FN3O2/c1-15-3-6-17(7-4-15)20(23)21(26)25-11-9-24(10-12-25)14-16-5-8-19(27-2)18(22)13-16/h3-8,13,20H,9-12,14,23H2,1-2H3. The minimum absolute atomic E-state index is 0.0472. The van der Waals surface area contributed by atoms with Crippen LogP contribution in [-0.4, -0.2) is 49.0 Å². The van der Waals surface area contributed by atoms with Gasteiger partial charge < -0.3 is 15.4 Å². The zero-order valence-corrected chi connectivity index (χ0v) is 15.8. The Balaban J connectivity index is 1.54. The molecular weight excluding hydrogens is 345 g/mol. The molecule has 6 heteroatoms. The number of nitrogens with zero attached hydrogens (tertiary/aromatic N) is 2. The van der Waals surface area contributed by atoms with Crippen molar-refractivity contribution in [3.8, 4) is 5.75 Å². The van der Waals surface area contributed by atoms with Crippen molar-refractivity contribution >= 4 is 5.91 Å². The van der Waals surface area contributed by atoms with E-state index in [0.717, 1.165) is 29.8 Å². The van der Waals surface area contributed by atoms with Crippen molar-refractivity contribution in [2.45, 2.75) is 19.5 Å². The van der Waals surface area contributed by atoms with E-state index >= 15 is 0 Å². The highest BCUT2D eigenvalue weighted by atomic mass is 19.1. The Kier molecular flexibility index (Phi) is 6.08. The van der Waals surface area contributed by atoms with Crippen LogP contribution >= 0.6 is 0 Å². The third kappa shape index (κ3) is 4.64. The molecule has 0 aromatic heterocycles. The summed E-state index contributed by atoms with van der Waals surface area (Å²) in [5.41, 5.74) is 9.03. The summed E-state index contributed by atoms with van der Waals surface area (Å²) >= 11 is 0. The number of ether oxygens (including phenoxy) is 1. The number of carbonyl (C=O) groups is 1. The average Bonchev–Trinajstić information content (AvgIpc) is 2.68. The molecule has 1 heterocycles. The van der Waals surface area contributed by atoms with E-state index in [0.29, 0.717) is 19.6 Å². The number of nitrogens with two attached hydrogens (primary N) is 1. The van der Waals surface area contributed by atoms with Gasteiger partial charge in [-0.3, -0.25) is 9.69 Å².